The number of benzene rings is 4. The molecule has 0 N–H and O–H groups in total. The van der Waals surface area contributed by atoms with E-state index in [1.807, 2.05) is 0 Å². The van der Waals surface area contributed by atoms with Gasteiger partial charge in [-0.3, -0.25) is 0 Å². The Morgan fingerprint density at radius 3 is 1.88 bits per heavy atom. The molecule has 0 spiro atoms. The van der Waals surface area contributed by atoms with E-state index < -0.39 is 0 Å². The second-order valence-corrected chi connectivity index (χ2v) is 11.2. The Kier molecular flexibility index (Phi) is 13.2. The van der Waals surface area contributed by atoms with Crippen molar-refractivity contribution in [1.29, 1.82) is 0 Å². The fraction of sp³-hybridized carbons (Fsp3) is 0.200. The molecule has 0 aliphatic carbocycles. The van der Waals surface area contributed by atoms with Gasteiger partial charge in [-0.2, -0.15) is 12.1 Å². The van der Waals surface area contributed by atoms with Crippen LogP contribution in [0.4, 0.5) is 0 Å². The van der Waals surface area contributed by atoms with Gasteiger partial charge in [-0.15, -0.1) is 68.6 Å². The van der Waals surface area contributed by atoms with Gasteiger partial charge in [0.2, 0.25) is 0 Å². The first-order chi connectivity index (χ1) is 19.2. The molecule has 216 valence electrons. The minimum absolute atomic E-state index is 0. The van der Waals surface area contributed by atoms with Crippen LogP contribution in [0, 0.1) is 49.5 Å². The van der Waals surface area contributed by atoms with Gasteiger partial charge in [0, 0.05) is 0 Å². The zero-order valence-corrected chi connectivity index (χ0v) is 30.3. The maximum absolute atomic E-state index is 3.06. The summed E-state index contributed by atoms with van der Waals surface area (Å²) in [5, 5.41) is 5.49. The van der Waals surface area contributed by atoms with Gasteiger partial charge in [0.15, 0.2) is 0 Å². The van der Waals surface area contributed by atoms with E-state index in [4.69, 9.17) is 0 Å². The summed E-state index contributed by atoms with van der Waals surface area (Å²) in [5.74, 6) is 0.575. The summed E-state index contributed by atoms with van der Waals surface area (Å²) < 4.78 is 0. The van der Waals surface area contributed by atoms with E-state index in [1.54, 1.807) is 0 Å². The number of fused-ring (bicyclic) bond motifs is 2. The molecule has 6 aromatic carbocycles. The molecule has 6 rings (SSSR count). The summed E-state index contributed by atoms with van der Waals surface area (Å²) in [5.41, 5.74) is 13.6. The molecular formula is C40H44SiZr-4. The van der Waals surface area contributed by atoms with E-state index >= 15 is 0 Å². The summed E-state index contributed by atoms with van der Waals surface area (Å²) in [6.07, 6.45) is 0. The van der Waals surface area contributed by atoms with Gasteiger partial charge in [0.25, 0.3) is 0 Å². The molecule has 6 aromatic rings. The normalized spacial score (nSPS) is 10.3. The van der Waals surface area contributed by atoms with Crippen molar-refractivity contribution in [2.24, 2.45) is 0 Å². The predicted octanol–water partition coefficient (Wildman–Crippen LogP) is 11.6. The van der Waals surface area contributed by atoms with Crippen molar-refractivity contribution in [3.63, 3.8) is 0 Å². The molecule has 0 unspecified atom stereocenters. The van der Waals surface area contributed by atoms with Crippen molar-refractivity contribution >= 4 is 28.4 Å². The van der Waals surface area contributed by atoms with Crippen molar-refractivity contribution < 1.29 is 23.3 Å². The summed E-state index contributed by atoms with van der Waals surface area (Å²) >= 11 is 1.36. The molecule has 0 saturated carbocycles. The van der Waals surface area contributed by atoms with Crippen LogP contribution in [-0.4, -0.2) is 6.88 Å². The van der Waals surface area contributed by atoms with Crippen LogP contribution in [0.3, 0.4) is 0 Å². The van der Waals surface area contributed by atoms with E-state index in [9.17, 15) is 0 Å². The van der Waals surface area contributed by atoms with Gasteiger partial charge in [-0.05, 0) is 48.9 Å². The van der Waals surface area contributed by atoms with Crippen LogP contribution in [0.25, 0.3) is 43.8 Å². The molecule has 0 aliphatic rings. The van der Waals surface area contributed by atoms with Gasteiger partial charge >= 0.3 is 30.2 Å². The van der Waals surface area contributed by atoms with Crippen LogP contribution >= 0.6 is 0 Å². The van der Waals surface area contributed by atoms with Gasteiger partial charge in [-0.25, -0.2) is 0 Å². The summed E-state index contributed by atoms with van der Waals surface area (Å²) in [6, 6.07) is 35.5. The van der Waals surface area contributed by atoms with Gasteiger partial charge < -0.3 is 14.9 Å². The minimum atomic E-state index is 0. The van der Waals surface area contributed by atoms with Crippen LogP contribution in [0.5, 0.6) is 0 Å². The molecular weight excluding hydrogens is 600 g/mol. The van der Waals surface area contributed by atoms with E-state index in [-0.39, 0.29) is 14.9 Å². The van der Waals surface area contributed by atoms with E-state index in [0.717, 1.165) is 0 Å². The average molecular weight is 644 g/mol. The fourth-order valence-electron chi connectivity index (χ4n) is 5.87. The van der Waals surface area contributed by atoms with Crippen LogP contribution in [0.15, 0.2) is 97.1 Å². The number of hydrogen-bond acceptors (Lipinski definition) is 0. The predicted molar refractivity (Wildman–Crippen MR) is 186 cm³/mol. The second kappa shape index (κ2) is 15.6. The zero-order valence-electron chi connectivity index (χ0n) is 26.8. The van der Waals surface area contributed by atoms with Crippen molar-refractivity contribution in [3.05, 3.63) is 145 Å². The molecule has 0 saturated heterocycles. The average Bonchev–Trinajstić information content (AvgIpc) is 3.55. The molecule has 2 radical (unpaired) electrons. The molecule has 0 heterocycles. The monoisotopic (exact) mass is 642 g/mol. The Bertz CT molecular complexity index is 1720. The zero-order chi connectivity index (χ0) is 29.0. The molecule has 0 bridgehead atoms. The Morgan fingerprint density at radius 2 is 1.26 bits per heavy atom. The summed E-state index contributed by atoms with van der Waals surface area (Å²) in [7, 11) is 0. The fourth-order valence-corrected chi connectivity index (χ4v) is 5.87. The third-order valence-corrected chi connectivity index (χ3v) is 7.72. The Labute approximate surface area is 272 Å². The van der Waals surface area contributed by atoms with Crippen molar-refractivity contribution in [1.82, 2.24) is 0 Å². The van der Waals surface area contributed by atoms with Crippen LogP contribution < -0.4 is 0 Å². The molecule has 0 fully saturated rings. The molecule has 0 atom stereocenters. The second-order valence-electron chi connectivity index (χ2n) is 11.2. The number of aryl methyl sites for hydroxylation is 5. The maximum atomic E-state index is 3.06. The van der Waals surface area contributed by atoms with E-state index in [2.05, 4.69) is 152 Å². The third-order valence-electron chi connectivity index (χ3n) is 7.72. The number of rotatable bonds is 3. The van der Waals surface area contributed by atoms with Gasteiger partial charge in [-0.1, -0.05) is 99.0 Å². The molecule has 0 aliphatic heterocycles. The number of hydrogen-bond donors (Lipinski definition) is 0. The summed E-state index contributed by atoms with van der Waals surface area (Å²) in [6.45, 7) is 18.5. The van der Waals surface area contributed by atoms with Crippen molar-refractivity contribution in [3.8, 4) is 22.3 Å². The SMILES string of the molecule is Cc1cc(C)c(-c2cccc3[cH-]c(C(C)C)cc23)c(C)c1.Cc1cc2c(-c3ccccc3)ccc(C)c2[cH-]1.[CH3-].[CH3-].[Si]=[Zr]. The van der Waals surface area contributed by atoms with Crippen LogP contribution in [0.2, 0.25) is 0 Å². The van der Waals surface area contributed by atoms with Gasteiger partial charge in [0.05, 0.1) is 0 Å². The summed E-state index contributed by atoms with van der Waals surface area (Å²) in [4.78, 5) is 0. The van der Waals surface area contributed by atoms with Gasteiger partial charge in [0.1, 0.15) is 0 Å². The third kappa shape index (κ3) is 7.58. The van der Waals surface area contributed by atoms with Crippen molar-refractivity contribution in [2.45, 2.75) is 54.4 Å². The standard InChI is InChI=1S/C21H23.C17H15.2CH3.Si.Zr/c1-13(2)18-11-17-7-6-8-19(20(17)12-18)21-15(4)9-14(3)10-16(21)5;1-12-10-16-13(2)8-9-15(17(16)11-12)14-6-4-3-5-7-14;;;;/h6-13H,1-5H3;3-11H,1-2H3;2*1H3;;/q4*-1;;. The first-order valence-corrected chi connectivity index (χ1v) is 18.2. The molecule has 42 heavy (non-hydrogen) atoms. The Morgan fingerprint density at radius 1 is 0.619 bits per heavy atom. The molecule has 0 aromatic heterocycles. The van der Waals surface area contributed by atoms with E-state index in [1.165, 1.54) is 101 Å². The Hall–Kier alpha value is -2.80. The first kappa shape index (κ1) is 35.4. The van der Waals surface area contributed by atoms with E-state index in [0.29, 0.717) is 5.92 Å². The Balaban J connectivity index is 0.000000270. The molecule has 0 nitrogen and oxygen atoms in total. The topological polar surface area (TPSA) is 0 Å². The molecule has 2 heteroatoms. The van der Waals surface area contributed by atoms with Crippen LogP contribution in [0.1, 0.15) is 53.1 Å². The van der Waals surface area contributed by atoms with Crippen LogP contribution in [-0.2, 0) is 23.3 Å². The van der Waals surface area contributed by atoms with Crippen molar-refractivity contribution in [2.75, 3.05) is 0 Å². The quantitative estimate of drug-likeness (QED) is 0.133. The first-order valence-electron chi connectivity index (χ1n) is 14.0. The molecule has 0 amide bonds.